The fourth-order valence-corrected chi connectivity index (χ4v) is 3.16. The Hall–Kier alpha value is -0.830. The molecule has 1 N–H and O–H groups in total. The molecule has 0 aromatic carbocycles. The van der Waals surface area contributed by atoms with Crippen LogP contribution in [0.2, 0.25) is 0 Å². The van der Waals surface area contributed by atoms with Crippen LogP contribution in [0, 0.1) is 11.8 Å². The van der Waals surface area contributed by atoms with E-state index in [4.69, 9.17) is 0 Å². The molecule has 3 nitrogen and oxygen atoms in total. The summed E-state index contributed by atoms with van der Waals surface area (Å²) in [4.78, 5) is 4.55. The molecule has 3 atom stereocenters. The van der Waals surface area contributed by atoms with Crippen LogP contribution in [0.4, 0.5) is 0 Å². The zero-order valence-electron chi connectivity index (χ0n) is 11.6. The van der Waals surface area contributed by atoms with Crippen LogP contribution in [-0.4, -0.2) is 15.6 Å². The second-order valence-corrected chi connectivity index (χ2v) is 6.30. The Morgan fingerprint density at radius 2 is 2.11 bits per heavy atom. The van der Waals surface area contributed by atoms with Crippen LogP contribution in [0.1, 0.15) is 57.7 Å². The fraction of sp³-hybridized carbons (Fsp3) is 0.800. The first-order valence-electron chi connectivity index (χ1n) is 7.50. The molecule has 2 aliphatic carbocycles. The lowest BCUT2D eigenvalue weighted by Crippen LogP contribution is -2.26. The topological polar surface area (TPSA) is 29.9 Å². The summed E-state index contributed by atoms with van der Waals surface area (Å²) in [5, 5.41) is 3.53. The number of imidazole rings is 1. The second-order valence-electron chi connectivity index (χ2n) is 6.30. The van der Waals surface area contributed by atoms with Gasteiger partial charge in [-0.15, -0.1) is 0 Å². The zero-order valence-corrected chi connectivity index (χ0v) is 11.6. The third kappa shape index (κ3) is 2.61. The molecule has 0 amide bonds. The Balaban J connectivity index is 1.63. The maximum absolute atomic E-state index is 4.55. The Morgan fingerprint density at radius 3 is 2.89 bits per heavy atom. The van der Waals surface area contributed by atoms with Crippen molar-refractivity contribution < 1.29 is 0 Å². The van der Waals surface area contributed by atoms with E-state index in [9.17, 15) is 0 Å². The van der Waals surface area contributed by atoms with Gasteiger partial charge < -0.3 is 9.88 Å². The number of aromatic nitrogens is 2. The van der Waals surface area contributed by atoms with Gasteiger partial charge in [-0.05, 0) is 31.1 Å². The van der Waals surface area contributed by atoms with Gasteiger partial charge in [0.05, 0.1) is 12.0 Å². The summed E-state index contributed by atoms with van der Waals surface area (Å²) in [5.41, 5.74) is 1.20. The van der Waals surface area contributed by atoms with E-state index >= 15 is 0 Å². The molecule has 0 bridgehead atoms. The number of hydrogen-bond acceptors (Lipinski definition) is 2. The Bertz CT molecular complexity index is 394. The van der Waals surface area contributed by atoms with E-state index in [1.54, 1.807) is 0 Å². The molecule has 3 heteroatoms. The molecule has 1 aromatic heterocycles. The molecule has 2 fully saturated rings. The predicted octanol–water partition coefficient (Wildman–Crippen LogP) is 3.13. The third-order valence-electron chi connectivity index (χ3n) is 4.85. The summed E-state index contributed by atoms with van der Waals surface area (Å²) in [6, 6.07) is 1.43. The molecule has 3 rings (SSSR count). The number of rotatable bonds is 4. The minimum Gasteiger partial charge on any atom is -0.334 e. The van der Waals surface area contributed by atoms with E-state index in [-0.39, 0.29) is 0 Å². The first kappa shape index (κ1) is 12.2. The SMILES string of the molecule is CC1CCCC(n2cnc(CNC3CC3)c2)C1C. The minimum absolute atomic E-state index is 0.663. The summed E-state index contributed by atoms with van der Waals surface area (Å²) in [7, 11) is 0. The van der Waals surface area contributed by atoms with E-state index in [0.717, 1.165) is 24.4 Å². The highest BCUT2D eigenvalue weighted by Gasteiger charge is 2.28. The Labute approximate surface area is 110 Å². The van der Waals surface area contributed by atoms with Crippen LogP contribution in [0.3, 0.4) is 0 Å². The van der Waals surface area contributed by atoms with E-state index in [0.29, 0.717) is 6.04 Å². The predicted molar refractivity (Wildman–Crippen MR) is 73.3 cm³/mol. The molecule has 3 unspecified atom stereocenters. The van der Waals surface area contributed by atoms with Crippen molar-refractivity contribution in [2.75, 3.05) is 0 Å². The van der Waals surface area contributed by atoms with Crippen molar-refractivity contribution in [2.24, 2.45) is 11.8 Å². The molecule has 0 radical (unpaired) electrons. The summed E-state index contributed by atoms with van der Waals surface area (Å²) in [6.45, 7) is 5.73. The average Bonchev–Trinajstić information content (AvgIpc) is 3.08. The number of nitrogens with zero attached hydrogens (tertiary/aromatic N) is 2. The molecular weight excluding hydrogens is 222 g/mol. The van der Waals surface area contributed by atoms with Gasteiger partial charge in [0.1, 0.15) is 0 Å². The second kappa shape index (κ2) is 5.04. The molecule has 100 valence electrons. The van der Waals surface area contributed by atoms with Gasteiger partial charge in [0.15, 0.2) is 0 Å². The Morgan fingerprint density at radius 1 is 1.28 bits per heavy atom. The molecule has 0 saturated heterocycles. The molecule has 1 heterocycles. The standard InChI is InChI=1S/C15H25N3/c1-11-4-3-5-15(12(11)2)18-9-14(17-10-18)8-16-13-6-7-13/h9-13,15-16H,3-8H2,1-2H3. The summed E-state index contributed by atoms with van der Waals surface area (Å²) >= 11 is 0. The van der Waals surface area contributed by atoms with E-state index in [2.05, 4.69) is 34.9 Å². The smallest absolute Gasteiger partial charge is 0.0952 e. The molecular formula is C15H25N3. The normalized spacial score (nSPS) is 32.7. The largest absolute Gasteiger partial charge is 0.334 e. The van der Waals surface area contributed by atoms with E-state index in [1.807, 2.05) is 6.33 Å². The number of hydrogen-bond donors (Lipinski definition) is 1. The van der Waals surface area contributed by atoms with Gasteiger partial charge in [-0.1, -0.05) is 26.7 Å². The monoisotopic (exact) mass is 247 g/mol. The molecule has 0 aliphatic heterocycles. The zero-order chi connectivity index (χ0) is 12.5. The summed E-state index contributed by atoms with van der Waals surface area (Å²) < 4.78 is 2.37. The van der Waals surface area contributed by atoms with Crippen molar-refractivity contribution in [2.45, 2.75) is 64.6 Å². The molecule has 2 aliphatic rings. The van der Waals surface area contributed by atoms with Gasteiger partial charge in [-0.3, -0.25) is 0 Å². The third-order valence-corrected chi connectivity index (χ3v) is 4.85. The molecule has 0 spiro atoms. The molecule has 2 saturated carbocycles. The van der Waals surface area contributed by atoms with Crippen LogP contribution in [0.15, 0.2) is 12.5 Å². The van der Waals surface area contributed by atoms with Gasteiger partial charge in [-0.2, -0.15) is 0 Å². The fourth-order valence-electron chi connectivity index (χ4n) is 3.16. The van der Waals surface area contributed by atoms with Gasteiger partial charge in [0.2, 0.25) is 0 Å². The van der Waals surface area contributed by atoms with Gasteiger partial charge in [-0.25, -0.2) is 4.98 Å². The van der Waals surface area contributed by atoms with Crippen molar-refractivity contribution in [3.63, 3.8) is 0 Å². The number of nitrogens with one attached hydrogen (secondary N) is 1. The maximum atomic E-state index is 4.55. The minimum atomic E-state index is 0.663. The van der Waals surface area contributed by atoms with Crippen LogP contribution >= 0.6 is 0 Å². The molecule has 18 heavy (non-hydrogen) atoms. The van der Waals surface area contributed by atoms with Crippen molar-refractivity contribution in [1.82, 2.24) is 14.9 Å². The molecule has 1 aromatic rings. The highest BCUT2D eigenvalue weighted by molar-refractivity contribution is 5.00. The average molecular weight is 247 g/mol. The van der Waals surface area contributed by atoms with Crippen molar-refractivity contribution in [1.29, 1.82) is 0 Å². The van der Waals surface area contributed by atoms with Crippen molar-refractivity contribution >= 4 is 0 Å². The highest BCUT2D eigenvalue weighted by Crippen LogP contribution is 2.37. The first-order valence-corrected chi connectivity index (χ1v) is 7.50. The van der Waals surface area contributed by atoms with Crippen LogP contribution in [-0.2, 0) is 6.54 Å². The van der Waals surface area contributed by atoms with Gasteiger partial charge in [0, 0.05) is 24.8 Å². The van der Waals surface area contributed by atoms with Crippen molar-refractivity contribution in [3.8, 4) is 0 Å². The lowest BCUT2D eigenvalue weighted by Gasteiger charge is -2.34. The van der Waals surface area contributed by atoms with Crippen LogP contribution in [0.5, 0.6) is 0 Å². The summed E-state index contributed by atoms with van der Waals surface area (Å²) in [5.74, 6) is 1.62. The first-order chi connectivity index (χ1) is 8.74. The van der Waals surface area contributed by atoms with E-state index < -0.39 is 0 Å². The van der Waals surface area contributed by atoms with Crippen LogP contribution < -0.4 is 5.32 Å². The van der Waals surface area contributed by atoms with Crippen molar-refractivity contribution in [3.05, 3.63) is 18.2 Å². The lowest BCUT2D eigenvalue weighted by molar-refractivity contribution is 0.186. The lowest BCUT2D eigenvalue weighted by atomic mass is 9.78. The van der Waals surface area contributed by atoms with Crippen LogP contribution in [0.25, 0.3) is 0 Å². The quantitative estimate of drug-likeness (QED) is 0.886. The summed E-state index contributed by atoms with van der Waals surface area (Å²) in [6.07, 6.45) is 11.1. The van der Waals surface area contributed by atoms with Gasteiger partial charge in [0.25, 0.3) is 0 Å². The van der Waals surface area contributed by atoms with E-state index in [1.165, 1.54) is 37.8 Å². The maximum Gasteiger partial charge on any atom is 0.0952 e. The van der Waals surface area contributed by atoms with Gasteiger partial charge >= 0.3 is 0 Å². The highest BCUT2D eigenvalue weighted by atomic mass is 15.1. The Kier molecular flexibility index (Phi) is 3.42.